The molecule has 0 heterocycles. The van der Waals surface area contributed by atoms with Crippen molar-refractivity contribution in [3.05, 3.63) is 34.9 Å². The van der Waals surface area contributed by atoms with Crippen molar-refractivity contribution in [3.8, 4) is 0 Å². The number of hydrogen-bond donors (Lipinski definition) is 1. The van der Waals surface area contributed by atoms with E-state index < -0.39 is 0 Å². The van der Waals surface area contributed by atoms with E-state index in [1.165, 1.54) is 11.1 Å². The smallest absolute Gasteiger partial charge is 0.0833 e. The van der Waals surface area contributed by atoms with E-state index in [2.05, 4.69) is 13.0 Å². The quantitative estimate of drug-likeness (QED) is 0.571. The lowest BCUT2D eigenvalue weighted by Gasteiger charge is -2.25. The van der Waals surface area contributed by atoms with Crippen molar-refractivity contribution in [2.75, 3.05) is 0 Å². The Hall–Kier alpha value is -0.820. The first-order chi connectivity index (χ1) is 4.77. The molecule has 1 aliphatic rings. The molecule has 1 aromatic rings. The summed E-state index contributed by atoms with van der Waals surface area (Å²) in [5.74, 6) is 0. The van der Waals surface area contributed by atoms with Crippen LogP contribution >= 0.6 is 0 Å². The molecule has 0 saturated heterocycles. The SMILES string of the molecule is Cc1ccc2c(c1)CC2O. The number of hydrogen-bond acceptors (Lipinski definition) is 1. The Bertz CT molecular complexity index is 265. The monoisotopic (exact) mass is 134 g/mol. The number of aryl methyl sites for hydroxylation is 1. The molecule has 1 nitrogen and oxygen atoms in total. The third-order valence-electron chi connectivity index (χ3n) is 2.07. The fraction of sp³-hybridized carbons (Fsp3) is 0.333. The van der Waals surface area contributed by atoms with Gasteiger partial charge in [-0.2, -0.15) is 0 Å². The van der Waals surface area contributed by atoms with Gasteiger partial charge in [-0.25, -0.2) is 0 Å². The number of aliphatic hydroxyl groups is 1. The topological polar surface area (TPSA) is 20.2 Å². The third kappa shape index (κ3) is 0.673. The van der Waals surface area contributed by atoms with Crippen molar-refractivity contribution in [1.29, 1.82) is 0 Å². The lowest BCUT2D eigenvalue weighted by molar-refractivity contribution is 0.154. The van der Waals surface area contributed by atoms with Gasteiger partial charge >= 0.3 is 0 Å². The van der Waals surface area contributed by atoms with Gasteiger partial charge in [0, 0.05) is 6.42 Å². The molecule has 0 fully saturated rings. The van der Waals surface area contributed by atoms with Crippen LogP contribution in [-0.2, 0) is 6.42 Å². The molecule has 1 atom stereocenters. The minimum absolute atomic E-state index is 0.185. The fourth-order valence-electron chi connectivity index (χ4n) is 1.42. The molecule has 0 bridgehead atoms. The second-order valence-electron chi connectivity index (χ2n) is 2.92. The van der Waals surface area contributed by atoms with Gasteiger partial charge in [0.1, 0.15) is 0 Å². The summed E-state index contributed by atoms with van der Waals surface area (Å²) >= 11 is 0. The van der Waals surface area contributed by atoms with Gasteiger partial charge in [0.15, 0.2) is 0 Å². The van der Waals surface area contributed by atoms with E-state index in [0.29, 0.717) is 0 Å². The second-order valence-corrected chi connectivity index (χ2v) is 2.92. The first kappa shape index (κ1) is 5.93. The van der Waals surface area contributed by atoms with Crippen LogP contribution in [0.1, 0.15) is 22.8 Å². The highest BCUT2D eigenvalue weighted by atomic mass is 16.3. The van der Waals surface area contributed by atoms with Gasteiger partial charge in [0.25, 0.3) is 0 Å². The Labute approximate surface area is 60.3 Å². The van der Waals surface area contributed by atoms with Crippen LogP contribution < -0.4 is 0 Å². The van der Waals surface area contributed by atoms with Crippen molar-refractivity contribution in [1.82, 2.24) is 0 Å². The third-order valence-corrected chi connectivity index (χ3v) is 2.07. The van der Waals surface area contributed by atoms with Gasteiger partial charge < -0.3 is 5.11 Å². The van der Waals surface area contributed by atoms with E-state index in [1.807, 2.05) is 12.1 Å². The summed E-state index contributed by atoms with van der Waals surface area (Å²) in [7, 11) is 0. The predicted molar refractivity (Wildman–Crippen MR) is 39.8 cm³/mol. The summed E-state index contributed by atoms with van der Waals surface area (Å²) in [5.41, 5.74) is 3.71. The van der Waals surface area contributed by atoms with Crippen LogP contribution in [0.3, 0.4) is 0 Å². The van der Waals surface area contributed by atoms with Gasteiger partial charge in [-0.1, -0.05) is 23.8 Å². The molecule has 1 aliphatic carbocycles. The van der Waals surface area contributed by atoms with Crippen LogP contribution in [0, 0.1) is 6.92 Å². The molecule has 0 amide bonds. The van der Waals surface area contributed by atoms with Crippen LogP contribution in [0.2, 0.25) is 0 Å². The molecule has 0 aliphatic heterocycles. The number of benzene rings is 1. The highest BCUT2D eigenvalue weighted by Crippen LogP contribution is 2.32. The maximum absolute atomic E-state index is 9.19. The van der Waals surface area contributed by atoms with Crippen molar-refractivity contribution >= 4 is 0 Å². The maximum atomic E-state index is 9.19. The lowest BCUT2D eigenvalue weighted by atomic mass is 9.85. The van der Waals surface area contributed by atoms with Crippen molar-refractivity contribution < 1.29 is 5.11 Å². The molecule has 1 unspecified atom stereocenters. The molecular weight excluding hydrogens is 124 g/mol. The first-order valence-electron chi connectivity index (χ1n) is 3.55. The van der Waals surface area contributed by atoms with Crippen molar-refractivity contribution in [3.63, 3.8) is 0 Å². The zero-order chi connectivity index (χ0) is 7.14. The van der Waals surface area contributed by atoms with Crippen LogP contribution in [-0.4, -0.2) is 5.11 Å². The maximum Gasteiger partial charge on any atom is 0.0833 e. The molecular formula is C9H10O. The minimum Gasteiger partial charge on any atom is -0.388 e. The summed E-state index contributed by atoms with van der Waals surface area (Å²) < 4.78 is 0. The fourth-order valence-corrected chi connectivity index (χ4v) is 1.42. The van der Waals surface area contributed by atoms with Gasteiger partial charge in [0.05, 0.1) is 6.10 Å². The van der Waals surface area contributed by atoms with Crippen molar-refractivity contribution in [2.45, 2.75) is 19.4 Å². The summed E-state index contributed by atoms with van der Waals surface area (Å²) in [5, 5.41) is 9.19. The van der Waals surface area contributed by atoms with Gasteiger partial charge in [-0.3, -0.25) is 0 Å². The summed E-state index contributed by atoms with van der Waals surface area (Å²) in [4.78, 5) is 0. The zero-order valence-corrected chi connectivity index (χ0v) is 5.96. The van der Waals surface area contributed by atoms with E-state index in [0.717, 1.165) is 12.0 Å². The van der Waals surface area contributed by atoms with E-state index in [-0.39, 0.29) is 6.10 Å². The summed E-state index contributed by atoms with van der Waals surface area (Å²) in [6, 6.07) is 6.20. The Kier molecular flexibility index (Phi) is 1.08. The average molecular weight is 134 g/mol. The highest BCUT2D eigenvalue weighted by Gasteiger charge is 2.22. The highest BCUT2D eigenvalue weighted by molar-refractivity contribution is 5.40. The molecule has 1 N–H and O–H groups in total. The Balaban J connectivity index is 2.49. The summed E-state index contributed by atoms with van der Waals surface area (Å²) in [6.45, 7) is 2.07. The van der Waals surface area contributed by atoms with Gasteiger partial charge in [-0.05, 0) is 18.1 Å². The summed E-state index contributed by atoms with van der Waals surface area (Å²) in [6.07, 6.45) is 0.660. The van der Waals surface area contributed by atoms with Crippen LogP contribution in [0.15, 0.2) is 18.2 Å². The van der Waals surface area contributed by atoms with Crippen LogP contribution in [0.5, 0.6) is 0 Å². The zero-order valence-electron chi connectivity index (χ0n) is 5.96. The largest absolute Gasteiger partial charge is 0.388 e. The number of rotatable bonds is 0. The second kappa shape index (κ2) is 1.83. The van der Waals surface area contributed by atoms with Crippen LogP contribution in [0.25, 0.3) is 0 Å². The van der Waals surface area contributed by atoms with Gasteiger partial charge in [-0.15, -0.1) is 0 Å². The Morgan fingerprint density at radius 2 is 2.30 bits per heavy atom. The average Bonchev–Trinajstić information content (AvgIpc) is 1.86. The molecule has 0 saturated carbocycles. The first-order valence-corrected chi connectivity index (χ1v) is 3.55. The number of fused-ring (bicyclic) bond motifs is 1. The van der Waals surface area contributed by atoms with Gasteiger partial charge in [0.2, 0.25) is 0 Å². The molecule has 52 valence electrons. The van der Waals surface area contributed by atoms with Crippen molar-refractivity contribution in [2.24, 2.45) is 0 Å². The number of aliphatic hydroxyl groups excluding tert-OH is 1. The molecule has 2 rings (SSSR count). The molecule has 0 spiro atoms. The standard InChI is InChI=1S/C9H10O/c1-6-2-3-8-7(4-6)5-9(8)10/h2-4,9-10H,5H2,1H3. The Morgan fingerprint density at radius 3 is 2.90 bits per heavy atom. The molecule has 1 heteroatoms. The van der Waals surface area contributed by atoms with E-state index in [4.69, 9.17) is 0 Å². The predicted octanol–water partition coefficient (Wildman–Crippen LogP) is 1.58. The molecule has 10 heavy (non-hydrogen) atoms. The normalized spacial score (nSPS) is 21.6. The van der Waals surface area contributed by atoms with E-state index in [9.17, 15) is 5.11 Å². The van der Waals surface area contributed by atoms with E-state index >= 15 is 0 Å². The Morgan fingerprint density at radius 1 is 1.50 bits per heavy atom. The molecule has 0 aromatic heterocycles. The molecule has 0 radical (unpaired) electrons. The van der Waals surface area contributed by atoms with E-state index in [1.54, 1.807) is 0 Å². The van der Waals surface area contributed by atoms with Crippen LogP contribution in [0.4, 0.5) is 0 Å². The minimum atomic E-state index is -0.185. The lowest BCUT2D eigenvalue weighted by Crippen LogP contribution is -2.15. The molecule has 1 aromatic carbocycles.